The highest BCUT2D eigenvalue weighted by atomic mass is 35.5. The van der Waals surface area contributed by atoms with Crippen molar-refractivity contribution in [1.29, 1.82) is 0 Å². The highest BCUT2D eigenvalue weighted by Gasteiger charge is 2.34. The Labute approximate surface area is 186 Å². The summed E-state index contributed by atoms with van der Waals surface area (Å²) in [5.41, 5.74) is 2.25. The van der Waals surface area contributed by atoms with E-state index in [9.17, 15) is 9.59 Å². The average Bonchev–Trinajstić information content (AvgIpc) is 2.76. The quantitative estimate of drug-likeness (QED) is 0.543. The number of hydrogen-bond acceptors (Lipinski definition) is 4. The van der Waals surface area contributed by atoms with Gasteiger partial charge in [0.1, 0.15) is 6.61 Å². The summed E-state index contributed by atoms with van der Waals surface area (Å²) in [6, 6.07) is 11.6. The summed E-state index contributed by atoms with van der Waals surface area (Å²) in [5.74, 6) is 0.437. The number of halogens is 1. The summed E-state index contributed by atoms with van der Waals surface area (Å²) >= 11 is 6.29. The standard InChI is InChI=1S/C23H24ClN3O4/c1-4-10-31-21-17(11-16(24)12-18(21)30-3)20-19(14(2)26-23(29)27-20)22(28)25-13-15-8-6-5-7-9-15/h4-9,11-12,20H,1,10,13H2,2-3H3,(H,25,28)(H2,26,27,29)/t20-/m0/s1. The van der Waals surface area contributed by atoms with Gasteiger partial charge in [-0.05, 0) is 18.6 Å². The highest BCUT2D eigenvalue weighted by molar-refractivity contribution is 6.30. The minimum absolute atomic E-state index is 0.210. The van der Waals surface area contributed by atoms with E-state index in [4.69, 9.17) is 21.1 Å². The predicted molar refractivity (Wildman–Crippen MR) is 119 cm³/mol. The molecule has 0 unspecified atom stereocenters. The van der Waals surface area contributed by atoms with Crippen molar-refractivity contribution in [3.05, 3.63) is 82.5 Å². The molecule has 0 saturated carbocycles. The zero-order valence-electron chi connectivity index (χ0n) is 17.3. The van der Waals surface area contributed by atoms with Crippen LogP contribution in [0.5, 0.6) is 11.5 Å². The average molecular weight is 442 g/mol. The summed E-state index contributed by atoms with van der Waals surface area (Å²) in [5, 5.41) is 8.75. The number of carbonyl (C=O) groups excluding carboxylic acids is 2. The van der Waals surface area contributed by atoms with E-state index in [1.165, 1.54) is 7.11 Å². The van der Waals surface area contributed by atoms with Gasteiger partial charge in [0.15, 0.2) is 11.5 Å². The molecule has 1 atom stereocenters. The van der Waals surface area contributed by atoms with Crippen molar-refractivity contribution >= 4 is 23.5 Å². The number of rotatable bonds is 8. The Morgan fingerprint density at radius 3 is 2.71 bits per heavy atom. The molecule has 3 rings (SSSR count). The van der Waals surface area contributed by atoms with E-state index in [1.54, 1.807) is 25.1 Å². The normalized spacial score (nSPS) is 15.6. The third-order valence-electron chi connectivity index (χ3n) is 4.73. The lowest BCUT2D eigenvalue weighted by molar-refractivity contribution is -0.118. The Balaban J connectivity index is 2.00. The molecular weight excluding hydrogens is 418 g/mol. The molecule has 31 heavy (non-hydrogen) atoms. The summed E-state index contributed by atoms with van der Waals surface area (Å²) in [6.45, 7) is 5.90. The molecule has 1 aliphatic heterocycles. The number of nitrogens with one attached hydrogen (secondary N) is 3. The second-order valence-corrected chi connectivity index (χ2v) is 7.30. The molecule has 0 aromatic heterocycles. The zero-order valence-corrected chi connectivity index (χ0v) is 18.1. The van der Waals surface area contributed by atoms with Gasteiger partial charge >= 0.3 is 6.03 Å². The molecule has 2 aromatic carbocycles. The number of urea groups is 1. The summed E-state index contributed by atoms with van der Waals surface area (Å²) < 4.78 is 11.2. The van der Waals surface area contributed by atoms with Crippen molar-refractivity contribution in [3.63, 3.8) is 0 Å². The fourth-order valence-electron chi connectivity index (χ4n) is 3.35. The van der Waals surface area contributed by atoms with Crippen LogP contribution in [0.3, 0.4) is 0 Å². The largest absolute Gasteiger partial charge is 0.493 e. The molecule has 1 heterocycles. The van der Waals surface area contributed by atoms with Crippen molar-refractivity contribution in [2.75, 3.05) is 13.7 Å². The Bertz CT molecular complexity index is 1020. The number of benzene rings is 2. The van der Waals surface area contributed by atoms with Crippen molar-refractivity contribution in [1.82, 2.24) is 16.0 Å². The molecule has 0 bridgehead atoms. The number of amides is 3. The number of carbonyl (C=O) groups is 2. The minimum Gasteiger partial charge on any atom is -0.493 e. The van der Waals surface area contributed by atoms with Crippen LogP contribution in [-0.2, 0) is 11.3 Å². The fraction of sp³-hybridized carbons (Fsp3) is 0.217. The van der Waals surface area contributed by atoms with E-state index in [2.05, 4.69) is 22.5 Å². The first-order valence-corrected chi connectivity index (χ1v) is 10.0. The Kier molecular flexibility index (Phi) is 7.20. The SMILES string of the molecule is C=CCOc1c(OC)cc(Cl)cc1[C@@H]1NC(=O)NC(C)=C1C(=O)NCc1ccccc1. The maximum absolute atomic E-state index is 13.2. The van der Waals surface area contributed by atoms with Crippen LogP contribution in [0.25, 0.3) is 0 Å². The van der Waals surface area contributed by atoms with Gasteiger partial charge in [0.2, 0.25) is 0 Å². The lowest BCUT2D eigenvalue weighted by Gasteiger charge is -2.30. The van der Waals surface area contributed by atoms with Crippen LogP contribution in [0.1, 0.15) is 24.1 Å². The number of methoxy groups -OCH3 is 1. The number of allylic oxidation sites excluding steroid dienone is 1. The van der Waals surface area contributed by atoms with Crippen LogP contribution < -0.4 is 25.4 Å². The molecule has 0 fully saturated rings. The van der Waals surface area contributed by atoms with Crippen molar-refractivity contribution in [3.8, 4) is 11.5 Å². The molecule has 0 aliphatic carbocycles. The summed E-state index contributed by atoms with van der Waals surface area (Å²) in [4.78, 5) is 25.4. The predicted octanol–water partition coefficient (Wildman–Crippen LogP) is 3.86. The Morgan fingerprint density at radius 1 is 1.29 bits per heavy atom. The van der Waals surface area contributed by atoms with Crippen LogP contribution >= 0.6 is 11.6 Å². The second-order valence-electron chi connectivity index (χ2n) is 6.86. The van der Waals surface area contributed by atoms with Gasteiger partial charge in [-0.15, -0.1) is 0 Å². The summed E-state index contributed by atoms with van der Waals surface area (Å²) in [7, 11) is 1.49. The topological polar surface area (TPSA) is 88.7 Å². The van der Waals surface area contributed by atoms with E-state index >= 15 is 0 Å². The third-order valence-corrected chi connectivity index (χ3v) is 4.95. The molecule has 7 nitrogen and oxygen atoms in total. The van der Waals surface area contributed by atoms with Crippen molar-refractivity contribution in [2.24, 2.45) is 0 Å². The van der Waals surface area contributed by atoms with Gasteiger partial charge in [-0.2, -0.15) is 0 Å². The molecule has 8 heteroatoms. The van der Waals surface area contributed by atoms with E-state index in [0.29, 0.717) is 39.9 Å². The smallest absolute Gasteiger partial charge is 0.319 e. The Hall–Kier alpha value is -3.45. The Morgan fingerprint density at radius 2 is 2.03 bits per heavy atom. The lowest BCUT2D eigenvalue weighted by Crippen LogP contribution is -2.47. The van der Waals surface area contributed by atoms with Gasteiger partial charge in [0, 0.05) is 28.9 Å². The zero-order chi connectivity index (χ0) is 22.4. The van der Waals surface area contributed by atoms with Gasteiger partial charge in [0.25, 0.3) is 5.91 Å². The molecule has 1 aliphatic rings. The highest BCUT2D eigenvalue weighted by Crippen LogP contribution is 2.41. The van der Waals surface area contributed by atoms with Crippen molar-refractivity contribution < 1.29 is 19.1 Å². The minimum atomic E-state index is -0.795. The molecule has 0 radical (unpaired) electrons. The van der Waals surface area contributed by atoms with Crippen LogP contribution in [0.4, 0.5) is 4.79 Å². The molecule has 3 N–H and O–H groups in total. The van der Waals surface area contributed by atoms with E-state index in [-0.39, 0.29) is 12.5 Å². The molecule has 162 valence electrons. The number of hydrogen-bond donors (Lipinski definition) is 3. The lowest BCUT2D eigenvalue weighted by atomic mass is 9.93. The third kappa shape index (κ3) is 5.19. The second kappa shape index (κ2) is 10.0. The van der Waals surface area contributed by atoms with Gasteiger partial charge in [0.05, 0.1) is 18.7 Å². The molecule has 0 spiro atoms. The number of ether oxygens (including phenoxy) is 2. The first kappa shape index (κ1) is 22.2. The van der Waals surface area contributed by atoms with Gasteiger partial charge in [-0.1, -0.05) is 54.6 Å². The fourth-order valence-corrected chi connectivity index (χ4v) is 3.57. The van der Waals surface area contributed by atoms with Gasteiger partial charge in [-0.25, -0.2) is 4.79 Å². The van der Waals surface area contributed by atoms with Crippen LogP contribution in [0, 0.1) is 0 Å². The maximum Gasteiger partial charge on any atom is 0.319 e. The molecule has 2 aromatic rings. The first-order valence-electron chi connectivity index (χ1n) is 9.66. The first-order chi connectivity index (χ1) is 14.9. The van der Waals surface area contributed by atoms with Crippen LogP contribution in [0.2, 0.25) is 5.02 Å². The summed E-state index contributed by atoms with van der Waals surface area (Å²) in [6.07, 6.45) is 1.59. The van der Waals surface area contributed by atoms with Crippen LogP contribution in [0.15, 0.2) is 66.4 Å². The maximum atomic E-state index is 13.2. The van der Waals surface area contributed by atoms with Crippen LogP contribution in [-0.4, -0.2) is 25.7 Å². The van der Waals surface area contributed by atoms with E-state index < -0.39 is 12.1 Å². The van der Waals surface area contributed by atoms with Gasteiger partial charge < -0.3 is 25.4 Å². The molecular formula is C23H24ClN3O4. The molecule has 3 amide bonds. The van der Waals surface area contributed by atoms with E-state index in [0.717, 1.165) is 5.56 Å². The van der Waals surface area contributed by atoms with E-state index in [1.807, 2.05) is 30.3 Å². The molecule has 0 saturated heterocycles. The monoisotopic (exact) mass is 441 g/mol. The van der Waals surface area contributed by atoms with Crippen molar-refractivity contribution in [2.45, 2.75) is 19.5 Å². The van der Waals surface area contributed by atoms with Gasteiger partial charge in [-0.3, -0.25) is 4.79 Å².